The van der Waals surface area contributed by atoms with Crippen molar-refractivity contribution in [2.24, 2.45) is 0 Å². The first kappa shape index (κ1) is 19.5. The maximum Gasteiger partial charge on any atom is 0.303 e. The number of aryl methyl sites for hydroxylation is 3. The van der Waals surface area contributed by atoms with E-state index in [0.29, 0.717) is 11.4 Å². The summed E-state index contributed by atoms with van der Waals surface area (Å²) in [5.41, 5.74) is 6.64. The summed E-state index contributed by atoms with van der Waals surface area (Å²) in [4.78, 5) is 13.1. The summed E-state index contributed by atoms with van der Waals surface area (Å²) in [6.45, 7) is 5.60. The molecular weight excluding hydrogens is 386 g/mol. The van der Waals surface area contributed by atoms with Gasteiger partial charge in [-0.05, 0) is 55.5 Å². The van der Waals surface area contributed by atoms with Gasteiger partial charge in [-0.2, -0.15) is 5.10 Å². The van der Waals surface area contributed by atoms with Crippen molar-refractivity contribution in [3.8, 4) is 5.69 Å². The van der Waals surface area contributed by atoms with Crippen molar-refractivity contribution in [2.75, 3.05) is 11.4 Å². The second kappa shape index (κ2) is 7.91. The first-order chi connectivity index (χ1) is 13.9. The SMILES string of the molecule is Cc1ccc(-n2nc(C)c(Cl)c2N2CCc3cc(CCC(=O)O)ccc3C2)cc1. The average molecular weight is 410 g/mol. The quantitative estimate of drug-likeness (QED) is 0.662. The monoisotopic (exact) mass is 409 g/mol. The molecule has 4 rings (SSSR count). The Kier molecular flexibility index (Phi) is 5.33. The molecule has 0 radical (unpaired) electrons. The molecule has 1 aliphatic heterocycles. The van der Waals surface area contributed by atoms with Gasteiger partial charge in [-0.3, -0.25) is 4.79 Å². The molecule has 0 fully saturated rings. The van der Waals surface area contributed by atoms with Crippen LogP contribution in [-0.2, 0) is 24.2 Å². The Morgan fingerprint density at radius 1 is 1.14 bits per heavy atom. The molecule has 0 atom stereocenters. The molecule has 0 bridgehead atoms. The molecule has 5 nitrogen and oxygen atoms in total. The lowest BCUT2D eigenvalue weighted by atomic mass is 9.96. The molecule has 0 unspecified atom stereocenters. The molecule has 6 heteroatoms. The summed E-state index contributed by atoms with van der Waals surface area (Å²) in [5.74, 6) is 0.164. The van der Waals surface area contributed by atoms with Gasteiger partial charge >= 0.3 is 5.97 Å². The normalized spacial score (nSPS) is 13.4. The lowest BCUT2D eigenvalue weighted by Crippen LogP contribution is -2.32. The van der Waals surface area contributed by atoms with Crippen molar-refractivity contribution in [3.63, 3.8) is 0 Å². The van der Waals surface area contributed by atoms with E-state index in [1.807, 2.05) is 17.7 Å². The van der Waals surface area contributed by atoms with Crippen LogP contribution in [0.3, 0.4) is 0 Å². The fraction of sp³-hybridized carbons (Fsp3) is 0.304. The molecule has 3 aromatic rings. The van der Waals surface area contributed by atoms with Crippen LogP contribution in [0.25, 0.3) is 5.69 Å². The number of benzene rings is 2. The Bertz CT molecular complexity index is 1060. The number of carboxylic acids is 1. The molecule has 0 saturated heterocycles. The van der Waals surface area contributed by atoms with E-state index >= 15 is 0 Å². The maximum absolute atomic E-state index is 10.8. The van der Waals surface area contributed by atoms with Gasteiger partial charge in [0.15, 0.2) is 5.82 Å². The number of hydrogen-bond acceptors (Lipinski definition) is 3. The fourth-order valence-electron chi connectivity index (χ4n) is 3.83. The lowest BCUT2D eigenvalue weighted by molar-refractivity contribution is -0.136. The molecule has 2 heterocycles. The summed E-state index contributed by atoms with van der Waals surface area (Å²) in [6.07, 6.45) is 1.62. The molecule has 0 spiro atoms. The summed E-state index contributed by atoms with van der Waals surface area (Å²) < 4.78 is 1.93. The van der Waals surface area contributed by atoms with Crippen molar-refractivity contribution < 1.29 is 9.90 Å². The van der Waals surface area contributed by atoms with Gasteiger partial charge in [-0.1, -0.05) is 47.5 Å². The number of anilines is 1. The zero-order valence-corrected chi connectivity index (χ0v) is 17.4. The Hall–Kier alpha value is -2.79. The smallest absolute Gasteiger partial charge is 0.303 e. The fourth-order valence-corrected chi connectivity index (χ4v) is 4.07. The predicted octanol–water partition coefficient (Wildman–Crippen LogP) is 4.72. The molecule has 150 valence electrons. The van der Waals surface area contributed by atoms with Gasteiger partial charge in [0, 0.05) is 19.5 Å². The van der Waals surface area contributed by atoms with Crippen molar-refractivity contribution >= 4 is 23.4 Å². The summed E-state index contributed by atoms with van der Waals surface area (Å²) in [6, 6.07) is 14.6. The first-order valence-corrected chi connectivity index (χ1v) is 10.2. The van der Waals surface area contributed by atoms with Gasteiger partial charge in [-0.15, -0.1) is 0 Å². The number of nitrogens with zero attached hydrogens (tertiary/aromatic N) is 3. The zero-order valence-electron chi connectivity index (χ0n) is 16.7. The van der Waals surface area contributed by atoms with E-state index in [1.54, 1.807) is 0 Å². The van der Waals surface area contributed by atoms with Crippen LogP contribution in [0.2, 0.25) is 5.02 Å². The van der Waals surface area contributed by atoms with Gasteiger partial charge in [0.05, 0.1) is 11.4 Å². The molecule has 0 aliphatic carbocycles. The van der Waals surface area contributed by atoms with E-state index in [4.69, 9.17) is 16.7 Å². The van der Waals surface area contributed by atoms with Crippen LogP contribution in [-0.4, -0.2) is 27.4 Å². The number of fused-ring (bicyclic) bond motifs is 1. The molecule has 2 aromatic carbocycles. The van der Waals surface area contributed by atoms with Crippen LogP contribution < -0.4 is 4.90 Å². The molecule has 0 amide bonds. The van der Waals surface area contributed by atoms with E-state index in [0.717, 1.165) is 42.3 Å². The van der Waals surface area contributed by atoms with Crippen molar-refractivity contribution in [1.82, 2.24) is 9.78 Å². The lowest BCUT2D eigenvalue weighted by Gasteiger charge is -2.31. The van der Waals surface area contributed by atoms with E-state index in [-0.39, 0.29) is 6.42 Å². The summed E-state index contributed by atoms with van der Waals surface area (Å²) in [7, 11) is 0. The number of rotatable bonds is 5. The Morgan fingerprint density at radius 3 is 2.62 bits per heavy atom. The third-order valence-corrected chi connectivity index (χ3v) is 5.90. The molecule has 1 N–H and O–H groups in total. The predicted molar refractivity (Wildman–Crippen MR) is 115 cm³/mol. The van der Waals surface area contributed by atoms with Gasteiger partial charge in [0.25, 0.3) is 0 Å². The first-order valence-electron chi connectivity index (χ1n) is 9.82. The zero-order chi connectivity index (χ0) is 20.5. The summed E-state index contributed by atoms with van der Waals surface area (Å²) in [5, 5.41) is 14.3. The van der Waals surface area contributed by atoms with Crippen LogP contribution in [0.1, 0.15) is 34.4 Å². The minimum absolute atomic E-state index is 0.162. The second-order valence-electron chi connectivity index (χ2n) is 7.64. The van der Waals surface area contributed by atoms with Crippen LogP contribution in [0.5, 0.6) is 0 Å². The van der Waals surface area contributed by atoms with Crippen LogP contribution in [0.15, 0.2) is 42.5 Å². The topological polar surface area (TPSA) is 58.4 Å². The van der Waals surface area contributed by atoms with Gasteiger partial charge in [0.2, 0.25) is 0 Å². The average Bonchev–Trinajstić information content (AvgIpc) is 3.01. The number of aliphatic carboxylic acids is 1. The van der Waals surface area contributed by atoms with Crippen LogP contribution >= 0.6 is 11.6 Å². The number of carboxylic acid groups (broad SMARTS) is 1. The molecule has 0 saturated carbocycles. The van der Waals surface area contributed by atoms with Crippen molar-refractivity contribution in [2.45, 2.75) is 39.7 Å². The van der Waals surface area contributed by atoms with Crippen LogP contribution in [0, 0.1) is 13.8 Å². The highest BCUT2D eigenvalue weighted by molar-refractivity contribution is 6.33. The van der Waals surface area contributed by atoms with Gasteiger partial charge in [-0.25, -0.2) is 4.68 Å². The van der Waals surface area contributed by atoms with E-state index in [1.165, 1.54) is 16.7 Å². The van der Waals surface area contributed by atoms with E-state index in [2.05, 4.69) is 53.3 Å². The molecule has 29 heavy (non-hydrogen) atoms. The third kappa shape index (κ3) is 4.01. The van der Waals surface area contributed by atoms with Gasteiger partial charge < -0.3 is 10.0 Å². The Balaban J connectivity index is 1.63. The highest BCUT2D eigenvalue weighted by atomic mass is 35.5. The van der Waals surface area contributed by atoms with E-state index in [9.17, 15) is 4.79 Å². The molecular formula is C23H24ClN3O2. The summed E-state index contributed by atoms with van der Waals surface area (Å²) >= 11 is 6.67. The van der Waals surface area contributed by atoms with Crippen molar-refractivity contribution in [3.05, 3.63) is 75.4 Å². The largest absolute Gasteiger partial charge is 0.481 e. The number of hydrogen-bond donors (Lipinski definition) is 1. The number of halogens is 1. The van der Waals surface area contributed by atoms with Gasteiger partial charge in [0.1, 0.15) is 5.02 Å². The number of aromatic nitrogens is 2. The Morgan fingerprint density at radius 2 is 1.90 bits per heavy atom. The molecule has 1 aromatic heterocycles. The minimum Gasteiger partial charge on any atom is -0.481 e. The highest BCUT2D eigenvalue weighted by Gasteiger charge is 2.25. The minimum atomic E-state index is -0.761. The van der Waals surface area contributed by atoms with Crippen molar-refractivity contribution in [1.29, 1.82) is 0 Å². The number of carbonyl (C=O) groups is 1. The maximum atomic E-state index is 10.8. The van der Waals surface area contributed by atoms with Crippen LogP contribution in [0.4, 0.5) is 5.82 Å². The van der Waals surface area contributed by atoms with E-state index < -0.39 is 5.97 Å². The standard InChI is InChI=1S/C23H24ClN3O2/c1-15-3-8-20(9-4-15)27-23(22(24)16(2)25-27)26-12-11-18-13-17(6-10-21(28)29)5-7-19(18)14-26/h3-5,7-9,13H,6,10-12,14H2,1-2H3,(H,28,29). The third-order valence-electron chi connectivity index (χ3n) is 5.45. The second-order valence-corrected chi connectivity index (χ2v) is 8.02. The molecule has 1 aliphatic rings. The Labute approximate surface area is 175 Å². The highest BCUT2D eigenvalue weighted by Crippen LogP contribution is 2.35.